The van der Waals surface area contributed by atoms with E-state index in [2.05, 4.69) is 21.1 Å². The summed E-state index contributed by atoms with van der Waals surface area (Å²) in [6.07, 6.45) is 3.84. The van der Waals surface area contributed by atoms with E-state index in [4.69, 9.17) is 24.4 Å². The minimum absolute atomic E-state index is 0. The van der Waals surface area contributed by atoms with Crippen LogP contribution in [-0.2, 0) is 19.5 Å². The third-order valence-corrected chi connectivity index (χ3v) is 5.49. The predicted molar refractivity (Wildman–Crippen MR) is 136 cm³/mol. The molecule has 0 aliphatic heterocycles. The molecule has 0 fully saturated rings. The first kappa shape index (κ1) is 27.9. The van der Waals surface area contributed by atoms with Gasteiger partial charge in [-0.05, 0) is 37.5 Å². The fraction of sp³-hybridized carbons (Fsp3) is 0.200. The van der Waals surface area contributed by atoms with Gasteiger partial charge in [0.25, 0.3) is 0 Å². The average molecular weight is 514 g/mol. The summed E-state index contributed by atoms with van der Waals surface area (Å²) in [5, 5.41) is 8.34. The van der Waals surface area contributed by atoms with Crippen LogP contribution >= 0.6 is 48.0 Å². The fourth-order valence-corrected chi connectivity index (χ4v) is 2.20. The molecule has 150 valence electrons. The second kappa shape index (κ2) is 16.7. The number of hydrogen-bond acceptors (Lipinski definition) is 6. The first-order valence-corrected chi connectivity index (χ1v) is 11.6. The van der Waals surface area contributed by atoms with E-state index in [1.165, 1.54) is 23.5 Å². The van der Waals surface area contributed by atoms with Crippen molar-refractivity contribution >= 4 is 68.0 Å². The van der Waals surface area contributed by atoms with Gasteiger partial charge in [-0.15, -0.1) is 0 Å². The van der Waals surface area contributed by atoms with Gasteiger partial charge in [-0.25, -0.2) is 0 Å². The van der Waals surface area contributed by atoms with Crippen LogP contribution < -0.4 is 10.9 Å². The van der Waals surface area contributed by atoms with Crippen molar-refractivity contribution in [1.29, 1.82) is 0 Å². The van der Waals surface area contributed by atoms with Crippen molar-refractivity contribution < 1.29 is 19.5 Å². The number of thiocarbonyl (C=S) groups is 2. The maximum absolute atomic E-state index is 4.97. The van der Waals surface area contributed by atoms with Gasteiger partial charge in [0.15, 0.2) is 8.64 Å². The fourth-order valence-electron chi connectivity index (χ4n) is 1.84. The van der Waals surface area contributed by atoms with Crippen molar-refractivity contribution in [1.82, 2.24) is 10.9 Å². The van der Waals surface area contributed by atoms with E-state index in [-0.39, 0.29) is 19.5 Å². The predicted octanol–water partition coefficient (Wildman–Crippen LogP) is 5.29. The van der Waals surface area contributed by atoms with Crippen LogP contribution in [0.5, 0.6) is 0 Å². The number of hydrazone groups is 2. The second-order valence-electron chi connectivity index (χ2n) is 5.33. The zero-order valence-electron chi connectivity index (χ0n) is 17.0. The SMILES string of the molecule is CSC(=S)NN=C(C)c1ccccc1.CSC(=S)NN=C(C)c1ccccc1.[Zn]. The smallest absolute Gasteiger partial charge is 0.153 e. The maximum Gasteiger partial charge on any atom is 0.153 e. The number of thioether (sulfide) groups is 2. The standard InChI is InChI=1S/2C10H12N2S2.Zn/c2*1-8(11-12-10(13)14-2)9-6-4-3-5-7-9;/h2*3-7H,1-2H3,(H,12,13);. The molecule has 0 aliphatic rings. The molecule has 0 aromatic heterocycles. The zero-order chi connectivity index (χ0) is 20.8. The molecule has 2 N–H and O–H groups in total. The van der Waals surface area contributed by atoms with Gasteiger partial charge >= 0.3 is 0 Å². The maximum atomic E-state index is 4.97. The second-order valence-corrected chi connectivity index (χ2v) is 8.30. The van der Waals surface area contributed by atoms with E-state index >= 15 is 0 Å². The topological polar surface area (TPSA) is 48.8 Å². The van der Waals surface area contributed by atoms with Crippen LogP contribution in [-0.4, -0.2) is 32.6 Å². The molecule has 0 spiro atoms. The Bertz CT molecular complexity index is 742. The molecule has 2 rings (SSSR count). The largest absolute Gasteiger partial charge is 0.262 e. The molecule has 0 saturated heterocycles. The molecule has 0 unspecified atom stereocenters. The summed E-state index contributed by atoms with van der Waals surface area (Å²) >= 11 is 12.9. The van der Waals surface area contributed by atoms with Gasteiger partial charge in [0, 0.05) is 19.5 Å². The Morgan fingerprint density at radius 2 is 1.00 bits per heavy atom. The Morgan fingerprint density at radius 1 is 0.690 bits per heavy atom. The van der Waals surface area contributed by atoms with Gasteiger partial charge in [0.2, 0.25) is 0 Å². The summed E-state index contributed by atoms with van der Waals surface area (Å²) in [6, 6.07) is 20.0. The van der Waals surface area contributed by atoms with Gasteiger partial charge < -0.3 is 0 Å². The van der Waals surface area contributed by atoms with Gasteiger partial charge in [-0.2, -0.15) is 10.2 Å². The molecule has 0 saturated carbocycles. The van der Waals surface area contributed by atoms with E-state index < -0.39 is 0 Å². The Kier molecular flexibility index (Phi) is 16.0. The minimum Gasteiger partial charge on any atom is -0.262 e. The van der Waals surface area contributed by atoms with Crippen LogP contribution in [0.1, 0.15) is 25.0 Å². The van der Waals surface area contributed by atoms with Gasteiger partial charge in [-0.1, -0.05) is 109 Å². The van der Waals surface area contributed by atoms with E-state index in [0.29, 0.717) is 8.64 Å². The van der Waals surface area contributed by atoms with Crippen molar-refractivity contribution in [3.05, 3.63) is 71.8 Å². The number of nitrogens with zero attached hydrogens (tertiary/aromatic N) is 2. The number of nitrogens with one attached hydrogen (secondary N) is 2. The minimum atomic E-state index is 0. The van der Waals surface area contributed by atoms with E-state index in [1.807, 2.05) is 87.0 Å². The Hall–Kier alpha value is -1.12. The van der Waals surface area contributed by atoms with Crippen LogP contribution in [0.15, 0.2) is 70.9 Å². The molecule has 29 heavy (non-hydrogen) atoms. The first-order valence-electron chi connectivity index (χ1n) is 8.35. The molecule has 0 heterocycles. The van der Waals surface area contributed by atoms with E-state index in [0.717, 1.165) is 22.6 Å². The first-order chi connectivity index (χ1) is 13.5. The van der Waals surface area contributed by atoms with Gasteiger partial charge in [0.1, 0.15) is 0 Å². The molecule has 9 heteroatoms. The van der Waals surface area contributed by atoms with Crippen molar-refractivity contribution in [3.8, 4) is 0 Å². The summed E-state index contributed by atoms with van der Waals surface area (Å²) in [7, 11) is 0. The average Bonchev–Trinajstić information content (AvgIpc) is 2.76. The summed E-state index contributed by atoms with van der Waals surface area (Å²) in [6.45, 7) is 3.90. The third kappa shape index (κ3) is 12.2. The summed E-state index contributed by atoms with van der Waals surface area (Å²) in [5.74, 6) is 0. The summed E-state index contributed by atoms with van der Waals surface area (Å²) in [5.41, 5.74) is 9.69. The monoisotopic (exact) mass is 512 g/mol. The zero-order valence-corrected chi connectivity index (χ0v) is 23.2. The van der Waals surface area contributed by atoms with Crippen LogP contribution in [0.2, 0.25) is 0 Å². The molecule has 2 aromatic rings. The van der Waals surface area contributed by atoms with Gasteiger partial charge in [0.05, 0.1) is 11.4 Å². The van der Waals surface area contributed by atoms with Gasteiger partial charge in [-0.3, -0.25) is 10.9 Å². The molecule has 0 bridgehead atoms. The van der Waals surface area contributed by atoms with Crippen molar-refractivity contribution in [2.24, 2.45) is 10.2 Å². The molecule has 0 aliphatic carbocycles. The van der Waals surface area contributed by atoms with Crippen LogP contribution in [0.25, 0.3) is 0 Å². The Morgan fingerprint density at radius 3 is 1.28 bits per heavy atom. The molecular formula is C20H24N4S4Zn. The number of hydrogen-bond donors (Lipinski definition) is 2. The quantitative estimate of drug-likeness (QED) is 0.250. The van der Waals surface area contributed by atoms with Crippen molar-refractivity contribution in [3.63, 3.8) is 0 Å². The number of benzene rings is 2. The van der Waals surface area contributed by atoms with E-state index in [1.54, 1.807) is 0 Å². The molecule has 0 atom stereocenters. The molecular weight excluding hydrogens is 490 g/mol. The number of rotatable bonds is 4. The normalized spacial score (nSPS) is 10.8. The van der Waals surface area contributed by atoms with Crippen molar-refractivity contribution in [2.45, 2.75) is 13.8 Å². The Labute approximate surface area is 205 Å². The molecule has 2 aromatic carbocycles. The Balaban J connectivity index is 0.000000523. The van der Waals surface area contributed by atoms with Crippen LogP contribution in [0.4, 0.5) is 0 Å². The molecule has 0 radical (unpaired) electrons. The third-order valence-electron chi connectivity index (χ3n) is 3.38. The molecule has 0 amide bonds. The van der Waals surface area contributed by atoms with Crippen LogP contribution in [0, 0.1) is 0 Å². The summed E-state index contributed by atoms with van der Waals surface area (Å²) in [4.78, 5) is 0. The van der Waals surface area contributed by atoms with E-state index in [9.17, 15) is 0 Å². The van der Waals surface area contributed by atoms with Crippen molar-refractivity contribution in [2.75, 3.05) is 12.5 Å². The molecule has 4 nitrogen and oxygen atoms in total. The summed E-state index contributed by atoms with van der Waals surface area (Å²) < 4.78 is 1.36. The van der Waals surface area contributed by atoms with Crippen LogP contribution in [0.3, 0.4) is 0 Å².